The minimum absolute atomic E-state index is 0.193. The molecular formula is C6H11NO5S. The Hall–Kier alpha value is -0.660. The summed E-state index contributed by atoms with van der Waals surface area (Å²) in [7, 11) is -3.20. The molecule has 0 saturated carbocycles. The van der Waals surface area contributed by atoms with Gasteiger partial charge in [0.05, 0.1) is 24.2 Å². The number of carbonyl (C=O) groups is 1. The lowest BCUT2D eigenvalue weighted by atomic mass is 10.2. The molecule has 1 rings (SSSR count). The van der Waals surface area contributed by atoms with Gasteiger partial charge in [-0.2, -0.15) is 0 Å². The Morgan fingerprint density at radius 1 is 1.46 bits per heavy atom. The van der Waals surface area contributed by atoms with Gasteiger partial charge in [0.1, 0.15) is 0 Å². The van der Waals surface area contributed by atoms with Gasteiger partial charge in [-0.3, -0.25) is 4.79 Å². The monoisotopic (exact) mass is 209 g/mol. The molecule has 6 nitrogen and oxygen atoms in total. The Balaban J connectivity index is 2.49. The molecule has 0 aromatic carbocycles. The van der Waals surface area contributed by atoms with Crippen molar-refractivity contribution < 1.29 is 23.4 Å². The number of aliphatic hydroxyl groups is 1. The Bertz CT molecular complexity index is 298. The van der Waals surface area contributed by atoms with Crippen LogP contribution in [0.4, 0.5) is 0 Å². The quantitative estimate of drug-likeness (QED) is 0.488. The highest BCUT2D eigenvalue weighted by Crippen LogP contribution is 2.11. The van der Waals surface area contributed by atoms with E-state index in [0.717, 1.165) is 0 Å². The van der Waals surface area contributed by atoms with E-state index < -0.39 is 28.0 Å². The van der Waals surface area contributed by atoms with Crippen LogP contribution in [-0.4, -0.2) is 54.8 Å². The lowest BCUT2D eigenvalue weighted by molar-refractivity contribution is -0.136. The van der Waals surface area contributed by atoms with Crippen LogP contribution in [0, 0.1) is 0 Å². The maximum Gasteiger partial charge on any atom is 0.317 e. The molecule has 0 spiro atoms. The maximum absolute atomic E-state index is 10.9. The summed E-state index contributed by atoms with van der Waals surface area (Å²) in [6.07, 6.45) is -0.996. The van der Waals surface area contributed by atoms with Crippen molar-refractivity contribution in [1.29, 1.82) is 0 Å². The maximum atomic E-state index is 10.9. The molecule has 0 bridgehead atoms. The first kappa shape index (κ1) is 10.4. The normalized spacial score (nSPS) is 31.8. The molecule has 2 atom stereocenters. The third-order valence-electron chi connectivity index (χ3n) is 1.84. The molecule has 1 aliphatic heterocycles. The minimum Gasteiger partial charge on any atom is -0.480 e. The lowest BCUT2D eigenvalue weighted by Crippen LogP contribution is -2.41. The molecule has 0 amide bonds. The Morgan fingerprint density at radius 2 is 2.08 bits per heavy atom. The van der Waals surface area contributed by atoms with Crippen molar-refractivity contribution in [3.05, 3.63) is 0 Å². The number of hydrogen-bond acceptors (Lipinski definition) is 5. The number of nitrogens with one attached hydrogen (secondary N) is 1. The van der Waals surface area contributed by atoms with Crippen molar-refractivity contribution in [2.45, 2.75) is 12.1 Å². The number of rotatable bonds is 3. The van der Waals surface area contributed by atoms with E-state index in [1.165, 1.54) is 0 Å². The predicted octanol–water partition coefficient (Wildman–Crippen LogP) is -2.18. The zero-order chi connectivity index (χ0) is 10.1. The summed E-state index contributed by atoms with van der Waals surface area (Å²) >= 11 is 0. The van der Waals surface area contributed by atoms with E-state index in [1.54, 1.807) is 0 Å². The molecule has 0 unspecified atom stereocenters. The molecule has 0 radical (unpaired) electrons. The first-order valence-electron chi connectivity index (χ1n) is 3.74. The number of hydrogen-bond donors (Lipinski definition) is 3. The molecule has 7 heteroatoms. The van der Waals surface area contributed by atoms with Gasteiger partial charge in [-0.25, -0.2) is 8.42 Å². The van der Waals surface area contributed by atoms with Gasteiger partial charge in [-0.15, -0.1) is 0 Å². The van der Waals surface area contributed by atoms with Crippen molar-refractivity contribution in [2.75, 3.05) is 18.1 Å². The summed E-state index contributed by atoms with van der Waals surface area (Å²) in [6, 6.07) is -0.652. The summed E-state index contributed by atoms with van der Waals surface area (Å²) in [5.41, 5.74) is 0. The molecule has 0 aromatic heterocycles. The standard InChI is InChI=1S/C6H11NO5S/c8-5-3-13(11,12)2-4(5)7-1-6(9)10/h4-5,7-8H,1-3H2,(H,9,10)/t4-,5-/m1/s1. The minimum atomic E-state index is -3.20. The van der Waals surface area contributed by atoms with E-state index in [1.807, 2.05) is 0 Å². The highest BCUT2D eigenvalue weighted by Gasteiger charge is 2.36. The van der Waals surface area contributed by atoms with Gasteiger partial charge < -0.3 is 15.5 Å². The molecule has 76 valence electrons. The number of aliphatic hydroxyl groups excluding tert-OH is 1. The van der Waals surface area contributed by atoms with Crippen molar-refractivity contribution in [3.63, 3.8) is 0 Å². The zero-order valence-electron chi connectivity index (χ0n) is 6.80. The van der Waals surface area contributed by atoms with Crippen molar-refractivity contribution in [1.82, 2.24) is 5.32 Å². The second kappa shape index (κ2) is 3.60. The average Bonchev–Trinajstić information content (AvgIpc) is 2.20. The van der Waals surface area contributed by atoms with E-state index in [4.69, 9.17) is 5.11 Å². The molecule has 1 heterocycles. The summed E-state index contributed by atoms with van der Waals surface area (Å²) in [6.45, 7) is -0.336. The Morgan fingerprint density at radius 3 is 2.46 bits per heavy atom. The summed E-state index contributed by atoms with van der Waals surface area (Å²) in [5.74, 6) is -1.55. The molecule has 1 saturated heterocycles. The molecule has 3 N–H and O–H groups in total. The second-order valence-electron chi connectivity index (χ2n) is 3.03. The van der Waals surface area contributed by atoms with Crippen LogP contribution in [0.3, 0.4) is 0 Å². The predicted molar refractivity (Wildman–Crippen MR) is 44.1 cm³/mol. The van der Waals surface area contributed by atoms with Crippen LogP contribution in [-0.2, 0) is 14.6 Å². The number of carboxylic acids is 1. The highest BCUT2D eigenvalue weighted by atomic mass is 32.2. The zero-order valence-corrected chi connectivity index (χ0v) is 7.62. The van der Waals surface area contributed by atoms with Crippen LogP contribution in [0.25, 0.3) is 0 Å². The topological polar surface area (TPSA) is 104 Å². The second-order valence-corrected chi connectivity index (χ2v) is 5.18. The fraction of sp³-hybridized carbons (Fsp3) is 0.833. The summed E-state index contributed by atoms with van der Waals surface area (Å²) < 4.78 is 21.9. The first-order chi connectivity index (χ1) is 5.91. The number of aliphatic carboxylic acids is 1. The van der Waals surface area contributed by atoms with E-state index in [-0.39, 0.29) is 18.1 Å². The van der Waals surface area contributed by atoms with Crippen molar-refractivity contribution in [3.8, 4) is 0 Å². The number of carboxylic acid groups (broad SMARTS) is 1. The van der Waals surface area contributed by atoms with Crippen LogP contribution in [0.5, 0.6) is 0 Å². The van der Waals surface area contributed by atoms with E-state index in [0.29, 0.717) is 0 Å². The molecule has 0 aliphatic carbocycles. The van der Waals surface area contributed by atoms with Gasteiger partial charge in [-0.1, -0.05) is 0 Å². The SMILES string of the molecule is O=C(O)CN[C@@H]1CS(=O)(=O)C[C@H]1O. The van der Waals surface area contributed by atoms with Crippen LogP contribution >= 0.6 is 0 Å². The molecule has 0 aromatic rings. The Labute approximate surface area is 75.5 Å². The fourth-order valence-electron chi connectivity index (χ4n) is 1.24. The van der Waals surface area contributed by atoms with E-state index in [9.17, 15) is 18.3 Å². The van der Waals surface area contributed by atoms with Gasteiger partial charge >= 0.3 is 5.97 Å². The smallest absolute Gasteiger partial charge is 0.317 e. The van der Waals surface area contributed by atoms with E-state index >= 15 is 0 Å². The first-order valence-corrected chi connectivity index (χ1v) is 5.56. The fourth-order valence-corrected chi connectivity index (χ4v) is 3.02. The third kappa shape index (κ3) is 2.94. The Kier molecular flexibility index (Phi) is 2.89. The van der Waals surface area contributed by atoms with Gasteiger partial charge in [0.25, 0.3) is 0 Å². The van der Waals surface area contributed by atoms with Crippen molar-refractivity contribution in [2.24, 2.45) is 0 Å². The average molecular weight is 209 g/mol. The molecule has 13 heavy (non-hydrogen) atoms. The van der Waals surface area contributed by atoms with Crippen LogP contribution in [0.2, 0.25) is 0 Å². The van der Waals surface area contributed by atoms with E-state index in [2.05, 4.69) is 5.32 Å². The van der Waals surface area contributed by atoms with Gasteiger partial charge in [0.2, 0.25) is 0 Å². The van der Waals surface area contributed by atoms with Crippen LogP contribution in [0.15, 0.2) is 0 Å². The molecule has 1 fully saturated rings. The summed E-state index contributed by atoms with van der Waals surface area (Å²) in [5, 5.41) is 20.0. The van der Waals surface area contributed by atoms with Crippen LogP contribution in [0.1, 0.15) is 0 Å². The highest BCUT2D eigenvalue weighted by molar-refractivity contribution is 7.91. The summed E-state index contributed by atoms with van der Waals surface area (Å²) in [4.78, 5) is 10.1. The van der Waals surface area contributed by atoms with Crippen LogP contribution < -0.4 is 5.32 Å². The molecular weight excluding hydrogens is 198 g/mol. The largest absolute Gasteiger partial charge is 0.480 e. The number of sulfone groups is 1. The lowest BCUT2D eigenvalue weighted by Gasteiger charge is -2.12. The van der Waals surface area contributed by atoms with Gasteiger partial charge in [-0.05, 0) is 0 Å². The molecule has 1 aliphatic rings. The van der Waals surface area contributed by atoms with Gasteiger partial charge in [0.15, 0.2) is 9.84 Å². The van der Waals surface area contributed by atoms with Crippen molar-refractivity contribution >= 4 is 15.8 Å². The third-order valence-corrected chi connectivity index (χ3v) is 3.55. The van der Waals surface area contributed by atoms with Gasteiger partial charge in [0, 0.05) is 6.04 Å².